The fourth-order valence-electron chi connectivity index (χ4n) is 6.71. The lowest BCUT2D eigenvalue weighted by Crippen LogP contribution is -2.66. The van der Waals surface area contributed by atoms with Crippen molar-refractivity contribution in [3.63, 3.8) is 0 Å². The van der Waals surface area contributed by atoms with E-state index in [-0.39, 0.29) is 5.78 Å². The van der Waals surface area contributed by atoms with E-state index < -0.39 is 11.0 Å². The van der Waals surface area contributed by atoms with Gasteiger partial charge in [0.1, 0.15) is 0 Å². The van der Waals surface area contributed by atoms with E-state index >= 15 is 4.79 Å². The third-order valence-electron chi connectivity index (χ3n) is 8.88. The minimum Gasteiger partial charge on any atom is -0.405 e. The molecule has 1 aliphatic heterocycles. The fourth-order valence-corrected chi connectivity index (χ4v) is 6.71. The lowest BCUT2D eigenvalue weighted by molar-refractivity contribution is 0.0654. The molecular weight excluding hydrogens is 520 g/mol. The number of Topliss-reactive ketones (excluding diaryl/α,β-unsaturated/α-hetero) is 1. The zero-order valence-corrected chi connectivity index (χ0v) is 24.7. The number of hydrogen-bond acceptors (Lipinski definition) is 6. The molecule has 3 aromatic rings. The third-order valence-corrected chi connectivity index (χ3v) is 8.88. The van der Waals surface area contributed by atoms with Crippen molar-refractivity contribution in [2.24, 2.45) is 11.5 Å². The summed E-state index contributed by atoms with van der Waals surface area (Å²) in [6.07, 6.45) is 11.1. The van der Waals surface area contributed by atoms with Gasteiger partial charge in [-0.3, -0.25) is 9.69 Å². The number of benzene rings is 3. The highest BCUT2D eigenvalue weighted by Crippen LogP contribution is 2.52. The van der Waals surface area contributed by atoms with Crippen molar-refractivity contribution in [1.82, 2.24) is 4.90 Å². The molecule has 2 unspecified atom stereocenters. The summed E-state index contributed by atoms with van der Waals surface area (Å²) in [4.78, 5) is 19.7. The molecule has 6 nitrogen and oxygen atoms in total. The SMILES string of the molecule is CN(C)C1(Cc2ccc(CN)cc2)C(CC=CN)=CC=CC1(C(=O)c1ccccc1)c1ccc(N2CCOCC2)cc1. The Bertz CT molecular complexity index is 1440. The van der Waals surface area contributed by atoms with E-state index in [9.17, 15) is 0 Å². The Labute approximate surface area is 250 Å². The van der Waals surface area contributed by atoms with Crippen LogP contribution >= 0.6 is 0 Å². The zero-order chi connectivity index (χ0) is 29.6. The van der Waals surface area contributed by atoms with Crippen LogP contribution in [0.15, 0.2) is 115 Å². The highest BCUT2D eigenvalue weighted by atomic mass is 16.5. The maximum atomic E-state index is 15.1. The molecule has 1 saturated heterocycles. The van der Waals surface area contributed by atoms with Gasteiger partial charge in [0.2, 0.25) is 0 Å². The summed E-state index contributed by atoms with van der Waals surface area (Å²) in [6.45, 7) is 3.63. The van der Waals surface area contributed by atoms with Gasteiger partial charge in [0.05, 0.1) is 24.2 Å². The summed E-state index contributed by atoms with van der Waals surface area (Å²) >= 11 is 0. The lowest BCUT2D eigenvalue weighted by Gasteiger charge is -2.55. The molecule has 2 atom stereocenters. The van der Waals surface area contributed by atoms with E-state index in [1.165, 1.54) is 0 Å². The maximum Gasteiger partial charge on any atom is 0.179 e. The molecule has 3 aromatic carbocycles. The standard InChI is InChI=1S/C36H42N4O2/c1-39(2)36(26-28-12-14-29(27-38)15-13-28)32(11-7-21-37)10-6-20-35(36,34(41)30-8-4-3-5-9-30)31-16-18-33(19-17-31)40-22-24-42-25-23-40/h3-10,12-21H,11,22-27,37-38H2,1-2H3. The van der Waals surface area contributed by atoms with Crippen LogP contribution in [0.5, 0.6) is 0 Å². The van der Waals surface area contributed by atoms with E-state index in [1.807, 2.05) is 36.4 Å². The summed E-state index contributed by atoms with van der Waals surface area (Å²) in [6, 6.07) is 26.7. The minimum atomic E-state index is -1.03. The van der Waals surface area contributed by atoms with Gasteiger partial charge in [0, 0.05) is 30.9 Å². The van der Waals surface area contributed by atoms with Gasteiger partial charge in [-0.25, -0.2) is 0 Å². The average molecular weight is 563 g/mol. The first-order valence-corrected chi connectivity index (χ1v) is 14.7. The van der Waals surface area contributed by atoms with Crippen LogP contribution in [-0.4, -0.2) is 56.6 Å². The Morgan fingerprint density at radius 2 is 1.62 bits per heavy atom. The van der Waals surface area contributed by atoms with E-state index in [1.54, 1.807) is 6.20 Å². The number of morpholine rings is 1. The number of carbonyl (C=O) groups excluding carboxylic acids is 1. The van der Waals surface area contributed by atoms with Crippen LogP contribution in [-0.2, 0) is 23.1 Å². The second-order valence-electron chi connectivity index (χ2n) is 11.3. The number of hydrogen-bond donors (Lipinski definition) is 2. The topological polar surface area (TPSA) is 84.8 Å². The quantitative estimate of drug-likeness (QED) is 0.338. The molecular formula is C36H42N4O2. The van der Waals surface area contributed by atoms with Gasteiger partial charge in [0.15, 0.2) is 5.78 Å². The number of anilines is 1. The number of rotatable bonds is 10. The van der Waals surface area contributed by atoms with E-state index in [4.69, 9.17) is 16.2 Å². The second kappa shape index (κ2) is 12.9. The molecule has 0 aromatic heterocycles. The largest absolute Gasteiger partial charge is 0.405 e. The van der Waals surface area contributed by atoms with Crippen LogP contribution in [0.2, 0.25) is 0 Å². The van der Waals surface area contributed by atoms with E-state index in [0.717, 1.165) is 54.3 Å². The first-order valence-electron chi connectivity index (χ1n) is 14.7. The van der Waals surface area contributed by atoms with Gasteiger partial charge in [-0.1, -0.05) is 91.0 Å². The zero-order valence-electron chi connectivity index (χ0n) is 24.7. The van der Waals surface area contributed by atoms with Crippen molar-refractivity contribution in [3.05, 3.63) is 137 Å². The van der Waals surface area contributed by atoms with Crippen molar-refractivity contribution in [2.75, 3.05) is 45.3 Å². The van der Waals surface area contributed by atoms with Gasteiger partial charge in [-0.15, -0.1) is 0 Å². The molecule has 2 aliphatic rings. The number of ketones is 1. The van der Waals surface area contributed by atoms with Crippen LogP contribution in [0.3, 0.4) is 0 Å². The maximum absolute atomic E-state index is 15.1. The normalized spacial score (nSPS) is 22.5. The number of nitrogens with zero attached hydrogens (tertiary/aromatic N) is 2. The Kier molecular flexibility index (Phi) is 9.07. The molecule has 5 rings (SSSR count). The summed E-state index contributed by atoms with van der Waals surface area (Å²) in [5, 5.41) is 0. The molecule has 0 amide bonds. The minimum absolute atomic E-state index is 0.0630. The molecule has 0 bridgehead atoms. The van der Waals surface area contributed by atoms with Gasteiger partial charge in [0.25, 0.3) is 0 Å². The summed E-state index contributed by atoms with van der Waals surface area (Å²) in [5.41, 5.74) is 16.2. The highest BCUT2D eigenvalue weighted by molar-refractivity contribution is 6.07. The molecule has 1 fully saturated rings. The van der Waals surface area contributed by atoms with Crippen molar-refractivity contribution in [2.45, 2.75) is 30.3 Å². The summed E-state index contributed by atoms with van der Waals surface area (Å²) in [7, 11) is 4.17. The Morgan fingerprint density at radius 3 is 2.24 bits per heavy atom. The van der Waals surface area contributed by atoms with Crippen LogP contribution in [0.4, 0.5) is 5.69 Å². The molecule has 42 heavy (non-hydrogen) atoms. The monoisotopic (exact) mass is 562 g/mol. The molecule has 218 valence electrons. The smallest absolute Gasteiger partial charge is 0.179 e. The number of allylic oxidation sites excluding steroid dienone is 3. The van der Waals surface area contributed by atoms with Gasteiger partial charge in [-0.2, -0.15) is 0 Å². The van der Waals surface area contributed by atoms with Crippen molar-refractivity contribution >= 4 is 11.5 Å². The van der Waals surface area contributed by atoms with Crippen LogP contribution in [0.1, 0.15) is 33.5 Å². The van der Waals surface area contributed by atoms with Crippen molar-refractivity contribution in [1.29, 1.82) is 0 Å². The third kappa shape index (κ3) is 5.34. The van der Waals surface area contributed by atoms with Gasteiger partial charge < -0.3 is 21.1 Å². The first kappa shape index (κ1) is 29.5. The molecule has 6 heteroatoms. The van der Waals surface area contributed by atoms with Crippen molar-refractivity contribution in [3.8, 4) is 0 Å². The predicted octanol–water partition coefficient (Wildman–Crippen LogP) is 5.00. The number of ether oxygens (including phenoxy) is 1. The van der Waals surface area contributed by atoms with E-state index in [2.05, 4.69) is 90.7 Å². The lowest BCUT2D eigenvalue weighted by atomic mass is 9.54. The van der Waals surface area contributed by atoms with Crippen molar-refractivity contribution < 1.29 is 9.53 Å². The molecule has 4 N–H and O–H groups in total. The molecule has 0 radical (unpaired) electrons. The van der Waals surface area contributed by atoms with Crippen LogP contribution < -0.4 is 16.4 Å². The van der Waals surface area contributed by atoms with Crippen LogP contribution in [0, 0.1) is 0 Å². The Morgan fingerprint density at radius 1 is 0.952 bits per heavy atom. The number of likely N-dealkylation sites (N-methyl/N-ethyl adjacent to an activating group) is 1. The Hall–Kier alpha value is -3.97. The molecule has 0 spiro atoms. The van der Waals surface area contributed by atoms with Gasteiger partial charge in [-0.05, 0) is 67.5 Å². The molecule has 1 aliphatic carbocycles. The predicted molar refractivity (Wildman–Crippen MR) is 172 cm³/mol. The molecule has 1 heterocycles. The molecule has 0 saturated carbocycles. The average Bonchev–Trinajstić information content (AvgIpc) is 3.05. The Balaban J connectivity index is 1.75. The number of nitrogens with two attached hydrogens (primary N) is 2. The van der Waals surface area contributed by atoms with E-state index in [0.29, 0.717) is 24.9 Å². The number of carbonyl (C=O) groups is 1. The summed E-state index contributed by atoms with van der Waals surface area (Å²) < 4.78 is 5.58. The van der Waals surface area contributed by atoms with Gasteiger partial charge >= 0.3 is 0 Å². The first-order chi connectivity index (χ1) is 20.5. The second-order valence-corrected chi connectivity index (χ2v) is 11.3. The summed E-state index contributed by atoms with van der Waals surface area (Å²) in [5.74, 6) is 0.0630. The van der Waals surface area contributed by atoms with Crippen LogP contribution in [0.25, 0.3) is 0 Å². The highest BCUT2D eigenvalue weighted by Gasteiger charge is 2.59. The fraction of sp³-hybridized carbons (Fsp3) is 0.306.